The normalized spacial score (nSPS) is 12.4. The van der Waals surface area contributed by atoms with Crippen LogP contribution in [0.5, 0.6) is 23.0 Å². The van der Waals surface area contributed by atoms with E-state index in [9.17, 15) is 15.0 Å². The van der Waals surface area contributed by atoms with Crippen LogP contribution in [0.15, 0.2) is 51.4 Å². The van der Waals surface area contributed by atoms with Gasteiger partial charge in [-0.2, -0.15) is 0 Å². The Morgan fingerprint density at radius 3 is 2.67 bits per heavy atom. The van der Waals surface area contributed by atoms with Crippen LogP contribution >= 0.6 is 0 Å². The molecule has 0 saturated carbocycles. The van der Waals surface area contributed by atoms with Gasteiger partial charge in [0.1, 0.15) is 28.7 Å². The summed E-state index contributed by atoms with van der Waals surface area (Å²) in [6.45, 7) is 4.01. The summed E-state index contributed by atoms with van der Waals surface area (Å²) in [5.74, 6) is 0.725. The molecule has 2 aromatic carbocycles. The van der Waals surface area contributed by atoms with Crippen molar-refractivity contribution >= 4 is 11.0 Å². The number of allylic oxidation sites excluding steroid dienone is 2. The van der Waals surface area contributed by atoms with Crippen molar-refractivity contribution in [2.75, 3.05) is 6.79 Å². The van der Waals surface area contributed by atoms with E-state index in [1.165, 1.54) is 12.3 Å². The van der Waals surface area contributed by atoms with Crippen molar-refractivity contribution in [2.24, 2.45) is 0 Å². The summed E-state index contributed by atoms with van der Waals surface area (Å²) >= 11 is 0. The van der Waals surface area contributed by atoms with Gasteiger partial charge in [-0.05, 0) is 38.0 Å². The fraction of sp³-hybridized carbons (Fsp3) is 0.190. The molecule has 3 aromatic rings. The number of benzene rings is 2. The smallest absolute Gasteiger partial charge is 0.231 e. The Hall–Kier alpha value is -3.41. The maximum absolute atomic E-state index is 13.1. The molecule has 0 atom stereocenters. The van der Waals surface area contributed by atoms with Crippen molar-refractivity contribution in [2.45, 2.75) is 20.3 Å². The molecule has 4 rings (SSSR count). The van der Waals surface area contributed by atoms with Crippen LogP contribution in [0.4, 0.5) is 0 Å². The summed E-state index contributed by atoms with van der Waals surface area (Å²) < 4.78 is 16.3. The van der Waals surface area contributed by atoms with E-state index in [4.69, 9.17) is 13.9 Å². The lowest BCUT2D eigenvalue weighted by Crippen LogP contribution is -2.06. The molecule has 27 heavy (non-hydrogen) atoms. The molecular weight excluding hydrogens is 348 g/mol. The molecule has 0 aliphatic carbocycles. The van der Waals surface area contributed by atoms with Gasteiger partial charge in [-0.3, -0.25) is 4.79 Å². The number of hydrogen-bond donors (Lipinski definition) is 2. The Morgan fingerprint density at radius 2 is 1.89 bits per heavy atom. The van der Waals surface area contributed by atoms with E-state index in [1.54, 1.807) is 18.2 Å². The molecule has 1 aliphatic rings. The molecule has 6 nitrogen and oxygen atoms in total. The summed E-state index contributed by atoms with van der Waals surface area (Å²) in [7, 11) is 0. The molecule has 0 spiro atoms. The lowest BCUT2D eigenvalue weighted by atomic mass is 10.0. The third kappa shape index (κ3) is 2.89. The van der Waals surface area contributed by atoms with Gasteiger partial charge in [0.2, 0.25) is 12.2 Å². The van der Waals surface area contributed by atoms with Crippen LogP contribution in [0.1, 0.15) is 19.4 Å². The van der Waals surface area contributed by atoms with Crippen LogP contribution in [0.25, 0.3) is 22.1 Å². The van der Waals surface area contributed by atoms with E-state index in [2.05, 4.69) is 0 Å². The third-order valence-corrected chi connectivity index (χ3v) is 4.50. The van der Waals surface area contributed by atoms with Crippen molar-refractivity contribution in [1.29, 1.82) is 0 Å². The van der Waals surface area contributed by atoms with Crippen molar-refractivity contribution in [3.8, 4) is 34.1 Å². The molecule has 2 N–H and O–H groups in total. The van der Waals surface area contributed by atoms with Crippen LogP contribution in [0, 0.1) is 0 Å². The molecular formula is C21H18O6. The van der Waals surface area contributed by atoms with Gasteiger partial charge in [0.05, 0.1) is 5.56 Å². The SMILES string of the molecule is CC(C)=CCc1c(O)cc(O)c2c(=O)c(-c3ccc4c(c3)OCO4)coc12. The number of phenols is 2. The Balaban J connectivity index is 1.92. The first-order valence-corrected chi connectivity index (χ1v) is 8.48. The lowest BCUT2D eigenvalue weighted by molar-refractivity contribution is 0.174. The van der Waals surface area contributed by atoms with Crippen LogP contribution in [0.2, 0.25) is 0 Å². The second kappa shape index (κ2) is 6.39. The summed E-state index contributed by atoms with van der Waals surface area (Å²) in [6, 6.07) is 6.32. The average molecular weight is 366 g/mol. The highest BCUT2D eigenvalue weighted by molar-refractivity contribution is 5.91. The monoisotopic (exact) mass is 366 g/mol. The zero-order valence-electron chi connectivity index (χ0n) is 14.9. The van der Waals surface area contributed by atoms with Crippen molar-refractivity contribution in [3.05, 3.63) is 58.0 Å². The Bertz CT molecular complexity index is 1140. The quantitative estimate of drug-likeness (QED) is 0.678. The van der Waals surface area contributed by atoms with E-state index in [0.717, 1.165) is 5.57 Å². The van der Waals surface area contributed by atoms with E-state index in [1.807, 2.05) is 19.9 Å². The molecule has 138 valence electrons. The van der Waals surface area contributed by atoms with Gasteiger partial charge in [-0.15, -0.1) is 0 Å². The second-order valence-electron chi connectivity index (χ2n) is 6.63. The van der Waals surface area contributed by atoms with E-state index in [-0.39, 0.29) is 40.3 Å². The minimum Gasteiger partial charge on any atom is -0.507 e. The lowest BCUT2D eigenvalue weighted by Gasteiger charge is -2.10. The topological polar surface area (TPSA) is 89.1 Å². The molecule has 1 aromatic heterocycles. The highest BCUT2D eigenvalue weighted by Gasteiger charge is 2.20. The third-order valence-electron chi connectivity index (χ3n) is 4.50. The molecule has 0 saturated heterocycles. The van der Waals surface area contributed by atoms with Gasteiger partial charge in [-0.25, -0.2) is 0 Å². The molecule has 2 heterocycles. The average Bonchev–Trinajstić information content (AvgIpc) is 3.08. The van der Waals surface area contributed by atoms with Gasteiger partial charge in [0.25, 0.3) is 0 Å². The Kier molecular flexibility index (Phi) is 4.03. The zero-order chi connectivity index (χ0) is 19.1. The maximum Gasteiger partial charge on any atom is 0.231 e. The van der Waals surface area contributed by atoms with Crippen molar-refractivity contribution < 1.29 is 24.1 Å². The number of ether oxygens (including phenoxy) is 2. The van der Waals surface area contributed by atoms with Crippen molar-refractivity contribution in [3.63, 3.8) is 0 Å². The van der Waals surface area contributed by atoms with E-state index < -0.39 is 0 Å². The van der Waals surface area contributed by atoms with Crippen LogP contribution < -0.4 is 14.9 Å². The largest absolute Gasteiger partial charge is 0.507 e. The van der Waals surface area contributed by atoms with Crippen LogP contribution in [-0.2, 0) is 6.42 Å². The fourth-order valence-electron chi connectivity index (χ4n) is 3.09. The van der Waals surface area contributed by atoms with Gasteiger partial charge in [0, 0.05) is 11.6 Å². The highest BCUT2D eigenvalue weighted by Crippen LogP contribution is 2.38. The number of aromatic hydroxyl groups is 2. The first kappa shape index (κ1) is 17.0. The van der Waals surface area contributed by atoms with Crippen LogP contribution in [0.3, 0.4) is 0 Å². The van der Waals surface area contributed by atoms with Gasteiger partial charge in [-0.1, -0.05) is 17.7 Å². The molecule has 6 heteroatoms. The number of phenolic OH excluding ortho intramolecular Hbond substituents is 2. The number of rotatable bonds is 3. The first-order chi connectivity index (χ1) is 13.0. The van der Waals surface area contributed by atoms with Gasteiger partial charge >= 0.3 is 0 Å². The number of hydrogen-bond acceptors (Lipinski definition) is 6. The fourth-order valence-corrected chi connectivity index (χ4v) is 3.09. The minimum atomic E-state index is -0.383. The minimum absolute atomic E-state index is 0.0418. The second-order valence-corrected chi connectivity index (χ2v) is 6.63. The zero-order valence-corrected chi connectivity index (χ0v) is 14.9. The molecule has 0 unspecified atom stereocenters. The highest BCUT2D eigenvalue weighted by atomic mass is 16.7. The van der Waals surface area contributed by atoms with Gasteiger partial charge in [0.15, 0.2) is 11.5 Å². The van der Waals surface area contributed by atoms with Crippen molar-refractivity contribution in [1.82, 2.24) is 0 Å². The molecule has 0 amide bonds. The van der Waals surface area contributed by atoms with E-state index >= 15 is 0 Å². The number of fused-ring (bicyclic) bond motifs is 2. The molecule has 0 radical (unpaired) electrons. The first-order valence-electron chi connectivity index (χ1n) is 8.48. The summed E-state index contributed by atoms with van der Waals surface area (Å²) in [5, 5.41) is 20.5. The predicted molar refractivity (Wildman–Crippen MR) is 101 cm³/mol. The van der Waals surface area contributed by atoms with Crippen LogP contribution in [-0.4, -0.2) is 17.0 Å². The summed E-state index contributed by atoms with van der Waals surface area (Å²) in [6.07, 6.45) is 3.64. The Morgan fingerprint density at radius 1 is 1.11 bits per heavy atom. The molecule has 1 aliphatic heterocycles. The summed E-state index contributed by atoms with van der Waals surface area (Å²) in [5.41, 5.74) is 2.20. The Labute approximate surface area is 154 Å². The molecule has 0 fully saturated rings. The molecule has 0 bridgehead atoms. The maximum atomic E-state index is 13.1. The van der Waals surface area contributed by atoms with Gasteiger partial charge < -0.3 is 24.1 Å². The predicted octanol–water partition coefficient (Wildman–Crippen LogP) is 4.11. The summed E-state index contributed by atoms with van der Waals surface area (Å²) in [4.78, 5) is 13.1. The van der Waals surface area contributed by atoms with E-state index in [0.29, 0.717) is 29.0 Å². The standard InChI is InChI=1S/C21H18O6/c1-11(2)3-5-13-15(22)8-16(23)19-20(24)14(9-25-21(13)19)12-4-6-17-18(7-12)27-10-26-17/h3-4,6-9,22-23H,5,10H2,1-2H3.